The number of carbonyl (C=O) groups is 2. The maximum absolute atomic E-state index is 15.9. The molecule has 13 heteroatoms. The van der Waals surface area contributed by atoms with Gasteiger partial charge in [0.1, 0.15) is 23.1 Å². The number of rotatable bonds is 10. The van der Waals surface area contributed by atoms with Gasteiger partial charge in [-0.1, -0.05) is 32.6 Å². The molecule has 0 spiro atoms. The number of halogens is 2. The summed E-state index contributed by atoms with van der Waals surface area (Å²) in [6.07, 6.45) is 8.03. The van der Waals surface area contributed by atoms with Crippen LogP contribution in [0.25, 0.3) is 16.7 Å². The number of amides is 2. The quantitative estimate of drug-likeness (QED) is 0.246. The molecule has 1 aliphatic carbocycles. The molecule has 2 atom stereocenters. The van der Waals surface area contributed by atoms with Gasteiger partial charge in [0, 0.05) is 38.4 Å². The average Bonchev–Trinajstić information content (AvgIpc) is 3.47. The largest absolute Gasteiger partial charge is 0.381 e. The van der Waals surface area contributed by atoms with E-state index in [1.165, 1.54) is 48.8 Å². The van der Waals surface area contributed by atoms with E-state index in [4.69, 9.17) is 0 Å². The van der Waals surface area contributed by atoms with Crippen molar-refractivity contribution in [3.8, 4) is 5.69 Å². The lowest BCUT2D eigenvalue weighted by atomic mass is 10.0. The van der Waals surface area contributed by atoms with Gasteiger partial charge in [-0.3, -0.25) is 14.6 Å². The van der Waals surface area contributed by atoms with Crippen LogP contribution in [0.1, 0.15) is 69.8 Å². The molecule has 3 aromatic heterocycles. The van der Waals surface area contributed by atoms with Crippen molar-refractivity contribution in [1.29, 1.82) is 0 Å². The van der Waals surface area contributed by atoms with E-state index in [1.807, 2.05) is 25.7 Å². The van der Waals surface area contributed by atoms with Gasteiger partial charge in [-0.25, -0.2) is 23.1 Å². The van der Waals surface area contributed by atoms with Crippen LogP contribution in [0.2, 0.25) is 0 Å². The maximum Gasteiger partial charge on any atom is 0.355 e. The number of aryl methyl sites for hydroxylation is 1. The van der Waals surface area contributed by atoms with Gasteiger partial charge in [-0.15, -0.1) is 0 Å². The van der Waals surface area contributed by atoms with Crippen LogP contribution in [0, 0.1) is 5.82 Å². The summed E-state index contributed by atoms with van der Waals surface area (Å²) in [6, 6.07) is 2.74. The molecule has 0 saturated carbocycles. The fourth-order valence-corrected chi connectivity index (χ4v) is 6.13. The van der Waals surface area contributed by atoms with Gasteiger partial charge in [0.15, 0.2) is 5.65 Å². The molecule has 1 aliphatic heterocycles. The fraction of sp³-hybridized carbons (Fsp3) is 0.429. The Morgan fingerprint density at radius 3 is 2.60 bits per heavy atom. The monoisotopic (exact) mass is 661 g/mol. The van der Waals surface area contributed by atoms with E-state index in [-0.39, 0.29) is 47.0 Å². The first-order chi connectivity index (χ1) is 22.7. The molecule has 0 aromatic carbocycles. The predicted molar refractivity (Wildman–Crippen MR) is 179 cm³/mol. The van der Waals surface area contributed by atoms with E-state index in [0.29, 0.717) is 49.4 Å². The minimum absolute atomic E-state index is 0.0952. The second-order valence-corrected chi connectivity index (χ2v) is 13.0. The van der Waals surface area contributed by atoms with Gasteiger partial charge < -0.3 is 20.2 Å². The number of carbonyl (C=O) groups excluding carboxylic acids is 2. The van der Waals surface area contributed by atoms with Crippen LogP contribution in [-0.4, -0.2) is 79.2 Å². The van der Waals surface area contributed by atoms with Gasteiger partial charge in [-0.2, -0.15) is 4.98 Å². The minimum atomic E-state index is -1.53. The van der Waals surface area contributed by atoms with E-state index >= 15 is 4.39 Å². The van der Waals surface area contributed by atoms with E-state index in [0.717, 1.165) is 0 Å². The lowest BCUT2D eigenvalue weighted by Crippen LogP contribution is -2.54. The second kappa shape index (κ2) is 13.8. The smallest absolute Gasteiger partial charge is 0.355 e. The number of aliphatic hydroxyl groups is 1. The van der Waals surface area contributed by atoms with Gasteiger partial charge in [0.25, 0.3) is 5.91 Å². The van der Waals surface area contributed by atoms with Crippen molar-refractivity contribution in [2.45, 2.75) is 70.9 Å². The zero-order chi connectivity index (χ0) is 34.9. The first-order valence-electron chi connectivity index (χ1n) is 16.1. The number of nitrogens with zero attached hydrogens (tertiary/aromatic N) is 6. The predicted octanol–water partition coefficient (Wildman–Crippen LogP) is 3.99. The number of piperazine rings is 1. The zero-order valence-electron chi connectivity index (χ0n) is 27.8. The third kappa shape index (κ3) is 6.77. The highest BCUT2D eigenvalue weighted by Crippen LogP contribution is 2.36. The Hall–Kier alpha value is -4.78. The molecule has 11 nitrogen and oxygen atoms in total. The number of fused-ring (bicyclic) bond motifs is 1. The number of hydrogen-bond donors (Lipinski definition) is 2. The molecule has 2 N–H and O–H groups in total. The number of aromatic nitrogens is 4. The molecule has 5 rings (SSSR count). The number of hydrogen-bond acceptors (Lipinski definition) is 8. The van der Waals surface area contributed by atoms with Gasteiger partial charge in [0.2, 0.25) is 5.91 Å². The average molecular weight is 662 g/mol. The normalized spacial score (nSPS) is 18.1. The highest BCUT2D eigenvalue weighted by atomic mass is 19.1. The molecule has 3 aromatic rings. The van der Waals surface area contributed by atoms with Crippen LogP contribution in [-0.2, 0) is 16.0 Å². The molecular weight excluding hydrogens is 620 g/mol. The SMILES string of the molecule is C=CC(=O)N1CCN(c2nc(=O)n(-c3c(CCCNC(=O)C(C)(C)O)ccnc3C(C)C)c3nc(C4C=CC=C4F)c(F)cc23)[C@@H](C)C1. The fourth-order valence-electron chi connectivity index (χ4n) is 6.13. The van der Waals surface area contributed by atoms with Crippen molar-refractivity contribution >= 4 is 28.7 Å². The van der Waals surface area contributed by atoms with Crippen molar-refractivity contribution in [3.05, 3.63) is 88.3 Å². The summed E-state index contributed by atoms with van der Waals surface area (Å²) < 4.78 is 32.1. The second-order valence-electron chi connectivity index (χ2n) is 13.0. The summed E-state index contributed by atoms with van der Waals surface area (Å²) in [5.74, 6) is -3.03. The van der Waals surface area contributed by atoms with Crippen molar-refractivity contribution in [2.75, 3.05) is 31.1 Å². The molecular formula is C35H41F2N7O4. The molecule has 254 valence electrons. The van der Waals surface area contributed by atoms with Crippen molar-refractivity contribution in [2.24, 2.45) is 0 Å². The van der Waals surface area contributed by atoms with E-state index in [2.05, 4.69) is 26.8 Å². The van der Waals surface area contributed by atoms with Crippen LogP contribution < -0.4 is 15.9 Å². The van der Waals surface area contributed by atoms with Crippen LogP contribution in [0.4, 0.5) is 14.6 Å². The van der Waals surface area contributed by atoms with Crippen LogP contribution in [0.3, 0.4) is 0 Å². The third-order valence-electron chi connectivity index (χ3n) is 8.64. The topological polar surface area (TPSA) is 134 Å². The van der Waals surface area contributed by atoms with Crippen LogP contribution in [0.15, 0.2) is 59.8 Å². The lowest BCUT2D eigenvalue weighted by molar-refractivity contribution is -0.136. The summed E-state index contributed by atoms with van der Waals surface area (Å²) in [6.45, 7) is 13.4. The Morgan fingerprint density at radius 1 is 1.23 bits per heavy atom. The molecule has 0 bridgehead atoms. The first-order valence-corrected chi connectivity index (χ1v) is 16.1. The Labute approximate surface area is 277 Å². The van der Waals surface area contributed by atoms with Crippen LogP contribution >= 0.6 is 0 Å². The summed E-state index contributed by atoms with van der Waals surface area (Å²) >= 11 is 0. The molecule has 4 heterocycles. The van der Waals surface area contributed by atoms with Gasteiger partial charge in [-0.05, 0) is 69.4 Å². The number of anilines is 1. The third-order valence-corrected chi connectivity index (χ3v) is 8.64. The Bertz CT molecular complexity index is 1880. The van der Waals surface area contributed by atoms with Crippen molar-refractivity contribution in [1.82, 2.24) is 29.7 Å². The molecule has 1 unspecified atom stereocenters. The van der Waals surface area contributed by atoms with Crippen molar-refractivity contribution < 1.29 is 23.5 Å². The minimum Gasteiger partial charge on any atom is -0.381 e. The Kier molecular flexibility index (Phi) is 9.90. The van der Waals surface area contributed by atoms with Crippen molar-refractivity contribution in [3.63, 3.8) is 0 Å². The molecule has 0 radical (unpaired) electrons. The molecule has 2 amide bonds. The summed E-state index contributed by atoms with van der Waals surface area (Å²) in [5.41, 5.74) is -0.548. The highest BCUT2D eigenvalue weighted by molar-refractivity contribution is 5.90. The number of nitrogens with one attached hydrogen (secondary N) is 1. The molecule has 1 saturated heterocycles. The molecule has 2 aliphatic rings. The Balaban J connectivity index is 1.68. The highest BCUT2D eigenvalue weighted by Gasteiger charge is 2.32. The van der Waals surface area contributed by atoms with E-state index in [9.17, 15) is 23.9 Å². The zero-order valence-corrected chi connectivity index (χ0v) is 27.8. The summed E-state index contributed by atoms with van der Waals surface area (Å²) in [4.78, 5) is 56.1. The maximum atomic E-state index is 15.9. The standard InChI is InChI=1S/C35H41F2N7O4/c1-7-27(45)42-16-17-43(21(4)19-42)31-24-18-26(37)29(23-11-8-12-25(23)36)40-32(24)44(34(47)41-31)30-22(13-15-38-28(30)20(2)3)10-9-14-39-33(46)35(5,6)48/h7-8,11-13,15,18,20-21,23,48H,1,9-10,14,16-17,19H2,2-6H3,(H,39,46)/t21-,23?/m0/s1. The first kappa shape index (κ1) is 34.6. The van der Waals surface area contributed by atoms with Gasteiger partial charge in [0.05, 0.1) is 28.4 Å². The van der Waals surface area contributed by atoms with E-state index < -0.39 is 34.8 Å². The summed E-state index contributed by atoms with van der Waals surface area (Å²) in [5, 5.41) is 13.0. The molecule has 1 fully saturated rings. The number of allylic oxidation sites excluding steroid dienone is 4. The number of pyridine rings is 2. The Morgan fingerprint density at radius 2 is 1.98 bits per heavy atom. The summed E-state index contributed by atoms with van der Waals surface area (Å²) in [7, 11) is 0. The van der Waals surface area contributed by atoms with Crippen LogP contribution in [0.5, 0.6) is 0 Å². The van der Waals surface area contributed by atoms with E-state index in [1.54, 1.807) is 17.2 Å². The lowest BCUT2D eigenvalue weighted by Gasteiger charge is -2.40. The molecule has 48 heavy (non-hydrogen) atoms. The van der Waals surface area contributed by atoms with Gasteiger partial charge >= 0.3 is 5.69 Å².